The van der Waals surface area contributed by atoms with E-state index in [9.17, 15) is 4.79 Å². The molecule has 5 rings (SSSR count). The Morgan fingerprint density at radius 3 is 2.72 bits per heavy atom. The Labute approximate surface area is 232 Å². The van der Waals surface area contributed by atoms with Crippen LogP contribution in [0.1, 0.15) is 39.9 Å². The number of nitrogens with zero attached hydrogens (tertiary/aromatic N) is 3. The van der Waals surface area contributed by atoms with Gasteiger partial charge in [0, 0.05) is 35.4 Å². The van der Waals surface area contributed by atoms with Gasteiger partial charge in [0.25, 0.3) is 5.91 Å². The number of aromatic amines is 1. The van der Waals surface area contributed by atoms with E-state index in [1.807, 2.05) is 37.3 Å². The number of hydrogen-bond donors (Lipinski definition) is 3. The van der Waals surface area contributed by atoms with Gasteiger partial charge in [-0.2, -0.15) is 0 Å². The van der Waals surface area contributed by atoms with Crippen LogP contribution >= 0.6 is 11.6 Å². The lowest BCUT2D eigenvalue weighted by Crippen LogP contribution is -2.35. The zero-order valence-electron chi connectivity index (χ0n) is 21.8. The number of primary amides is 1. The number of nitrogens with two attached hydrogens (primary N) is 2. The van der Waals surface area contributed by atoms with E-state index in [4.69, 9.17) is 27.8 Å². The highest BCUT2D eigenvalue weighted by molar-refractivity contribution is 6.31. The minimum absolute atomic E-state index is 0.0831. The predicted molar refractivity (Wildman–Crippen MR) is 154 cm³/mol. The number of carbonyl (C=O) groups excluding carboxylic acids is 1. The number of H-pyrrole nitrogens is 1. The SMILES string of the molecule is Cc1ccc(Cl)cc1-c1[nH]c(-c2nc(N)ncc2C#Cc2cccc(OC3CCN(C)CC3)c2)cc1C(N)=O. The largest absolute Gasteiger partial charge is 0.490 e. The number of hydrogen-bond acceptors (Lipinski definition) is 6. The molecule has 1 amide bonds. The van der Waals surface area contributed by atoms with Crippen molar-refractivity contribution >= 4 is 23.5 Å². The van der Waals surface area contributed by atoms with Crippen LogP contribution in [0.15, 0.2) is 54.7 Å². The van der Waals surface area contributed by atoms with Gasteiger partial charge in [0.2, 0.25) is 5.95 Å². The molecule has 3 heterocycles. The molecule has 1 fully saturated rings. The molecule has 0 saturated carbocycles. The summed E-state index contributed by atoms with van der Waals surface area (Å²) in [5, 5.41) is 0.544. The molecule has 0 aliphatic carbocycles. The van der Waals surface area contributed by atoms with Crippen LogP contribution in [-0.4, -0.2) is 52.0 Å². The number of halogens is 1. The monoisotopic (exact) mass is 540 g/mol. The zero-order valence-corrected chi connectivity index (χ0v) is 22.5. The molecule has 0 bridgehead atoms. The number of anilines is 1. The van der Waals surface area contributed by atoms with Crippen molar-refractivity contribution in [2.75, 3.05) is 25.9 Å². The van der Waals surface area contributed by atoms with Crippen LogP contribution in [-0.2, 0) is 0 Å². The van der Waals surface area contributed by atoms with E-state index in [2.05, 4.69) is 38.7 Å². The maximum absolute atomic E-state index is 12.4. The number of nitrogens with one attached hydrogen (secondary N) is 1. The smallest absolute Gasteiger partial charge is 0.250 e. The molecule has 9 heteroatoms. The number of rotatable bonds is 5. The normalized spacial score (nSPS) is 14.0. The van der Waals surface area contributed by atoms with Gasteiger partial charge in [-0.15, -0.1) is 0 Å². The van der Waals surface area contributed by atoms with E-state index in [0.29, 0.717) is 33.2 Å². The van der Waals surface area contributed by atoms with Crippen molar-refractivity contribution in [2.24, 2.45) is 5.73 Å². The van der Waals surface area contributed by atoms with Crippen LogP contribution < -0.4 is 16.2 Å². The highest BCUT2D eigenvalue weighted by Crippen LogP contribution is 2.33. The van der Waals surface area contributed by atoms with Crippen molar-refractivity contribution in [3.05, 3.63) is 82.0 Å². The third-order valence-electron chi connectivity index (χ3n) is 6.76. The van der Waals surface area contributed by atoms with Crippen molar-refractivity contribution in [3.8, 4) is 40.2 Å². The van der Waals surface area contributed by atoms with Gasteiger partial charge in [0.05, 0.1) is 22.5 Å². The second-order valence-electron chi connectivity index (χ2n) is 9.68. The first kappa shape index (κ1) is 26.3. The summed E-state index contributed by atoms with van der Waals surface area (Å²) < 4.78 is 6.21. The molecule has 198 valence electrons. The summed E-state index contributed by atoms with van der Waals surface area (Å²) >= 11 is 6.24. The minimum Gasteiger partial charge on any atom is -0.490 e. The summed E-state index contributed by atoms with van der Waals surface area (Å²) in [6.45, 7) is 3.98. The summed E-state index contributed by atoms with van der Waals surface area (Å²) in [4.78, 5) is 26.5. The van der Waals surface area contributed by atoms with Crippen LogP contribution in [0.25, 0.3) is 22.6 Å². The summed E-state index contributed by atoms with van der Waals surface area (Å²) in [5.74, 6) is 6.64. The van der Waals surface area contributed by atoms with E-state index in [0.717, 1.165) is 48.4 Å². The van der Waals surface area contributed by atoms with E-state index in [1.165, 1.54) is 0 Å². The number of likely N-dealkylation sites (tertiary alicyclic amines) is 1. The Bertz CT molecular complexity index is 1590. The second-order valence-corrected chi connectivity index (χ2v) is 10.1. The Balaban J connectivity index is 1.48. The molecule has 2 aromatic heterocycles. The highest BCUT2D eigenvalue weighted by atomic mass is 35.5. The van der Waals surface area contributed by atoms with Gasteiger partial charge in [0.1, 0.15) is 17.5 Å². The van der Waals surface area contributed by atoms with E-state index in [1.54, 1.807) is 24.4 Å². The first-order chi connectivity index (χ1) is 18.8. The quantitative estimate of drug-likeness (QED) is 0.316. The van der Waals surface area contributed by atoms with Crippen LogP contribution in [0.5, 0.6) is 5.75 Å². The number of piperidine rings is 1. The molecule has 0 atom stereocenters. The molecule has 0 unspecified atom stereocenters. The first-order valence-electron chi connectivity index (χ1n) is 12.7. The molecule has 39 heavy (non-hydrogen) atoms. The fraction of sp³-hybridized carbons (Fsp3) is 0.233. The number of carbonyl (C=O) groups is 1. The van der Waals surface area contributed by atoms with Crippen molar-refractivity contribution in [1.29, 1.82) is 0 Å². The molecule has 1 aliphatic rings. The molecule has 4 aromatic rings. The predicted octanol–water partition coefficient (Wildman–Crippen LogP) is 4.65. The van der Waals surface area contributed by atoms with E-state index >= 15 is 0 Å². The van der Waals surface area contributed by atoms with Crippen molar-refractivity contribution in [3.63, 3.8) is 0 Å². The Morgan fingerprint density at radius 1 is 1.15 bits per heavy atom. The average Bonchev–Trinajstić information content (AvgIpc) is 3.36. The summed E-state index contributed by atoms with van der Waals surface area (Å²) in [6, 6.07) is 14.8. The molecule has 1 saturated heterocycles. The van der Waals surface area contributed by atoms with Gasteiger partial charge < -0.3 is 26.1 Å². The maximum Gasteiger partial charge on any atom is 0.250 e. The van der Waals surface area contributed by atoms with Gasteiger partial charge in [-0.25, -0.2) is 9.97 Å². The fourth-order valence-electron chi connectivity index (χ4n) is 4.63. The summed E-state index contributed by atoms with van der Waals surface area (Å²) in [6.07, 6.45) is 3.77. The first-order valence-corrected chi connectivity index (χ1v) is 13.0. The second kappa shape index (κ2) is 11.2. The number of ether oxygens (including phenoxy) is 1. The van der Waals surface area contributed by atoms with Crippen LogP contribution in [0.4, 0.5) is 5.95 Å². The van der Waals surface area contributed by atoms with Gasteiger partial charge >= 0.3 is 0 Å². The zero-order chi connectivity index (χ0) is 27.5. The lowest BCUT2D eigenvalue weighted by atomic mass is 10.0. The number of amides is 1. The third kappa shape index (κ3) is 6.06. The van der Waals surface area contributed by atoms with E-state index < -0.39 is 5.91 Å². The Hall–Kier alpha value is -4.32. The van der Waals surface area contributed by atoms with Crippen LogP contribution in [0.2, 0.25) is 5.02 Å². The molecule has 2 aromatic carbocycles. The summed E-state index contributed by atoms with van der Waals surface area (Å²) in [7, 11) is 2.13. The Morgan fingerprint density at radius 2 is 1.95 bits per heavy atom. The molecule has 0 spiro atoms. The van der Waals surface area contributed by atoms with Crippen molar-refractivity contribution < 1.29 is 9.53 Å². The lowest BCUT2D eigenvalue weighted by Gasteiger charge is -2.29. The van der Waals surface area contributed by atoms with Gasteiger partial charge in [-0.1, -0.05) is 35.6 Å². The maximum atomic E-state index is 12.4. The highest BCUT2D eigenvalue weighted by Gasteiger charge is 2.20. The number of aromatic nitrogens is 3. The van der Waals surface area contributed by atoms with Gasteiger partial charge in [0.15, 0.2) is 0 Å². The van der Waals surface area contributed by atoms with Gasteiger partial charge in [-0.05, 0) is 68.8 Å². The summed E-state index contributed by atoms with van der Waals surface area (Å²) in [5.41, 5.74) is 16.6. The van der Waals surface area contributed by atoms with Crippen LogP contribution in [0.3, 0.4) is 0 Å². The third-order valence-corrected chi connectivity index (χ3v) is 6.99. The number of aryl methyl sites for hydroxylation is 1. The number of nitrogen functional groups attached to an aromatic ring is 1. The van der Waals surface area contributed by atoms with Gasteiger partial charge in [-0.3, -0.25) is 4.79 Å². The molecular formula is C30H29ClN6O2. The molecule has 5 N–H and O–H groups in total. The standard InChI is InChI=1S/C30H29ClN6O2/c1-18-6-9-21(31)15-24(18)28-25(29(32)38)16-26(35-28)27-20(17-34-30(33)36-27)8-7-19-4-3-5-23(14-19)39-22-10-12-37(2)13-11-22/h3-6,9,14-17,22,35H,10-13H2,1-2H3,(H2,32,38)(H2,33,34,36). The lowest BCUT2D eigenvalue weighted by molar-refractivity contribution is 0.100. The average molecular weight is 541 g/mol. The van der Waals surface area contributed by atoms with Crippen molar-refractivity contribution in [1.82, 2.24) is 19.9 Å². The molecule has 0 radical (unpaired) electrons. The van der Waals surface area contributed by atoms with Crippen molar-refractivity contribution in [2.45, 2.75) is 25.9 Å². The molecule has 1 aliphatic heterocycles. The number of benzene rings is 2. The van der Waals surface area contributed by atoms with Crippen LogP contribution in [0, 0.1) is 18.8 Å². The molecular weight excluding hydrogens is 512 g/mol. The topological polar surface area (TPSA) is 123 Å². The van der Waals surface area contributed by atoms with E-state index in [-0.39, 0.29) is 12.1 Å². The Kier molecular flexibility index (Phi) is 7.55. The minimum atomic E-state index is -0.581. The molecule has 8 nitrogen and oxygen atoms in total. The fourth-order valence-corrected chi connectivity index (χ4v) is 4.80.